The lowest BCUT2D eigenvalue weighted by Crippen LogP contribution is -2.37. The third kappa shape index (κ3) is 6.70. The van der Waals surface area contributed by atoms with E-state index in [2.05, 4.69) is 6.58 Å². The Bertz CT molecular complexity index is 369. The lowest BCUT2D eigenvalue weighted by molar-refractivity contribution is -0.154. The molecule has 0 bridgehead atoms. The summed E-state index contributed by atoms with van der Waals surface area (Å²) in [5.74, 6) is -1.84. The second-order valence-electron chi connectivity index (χ2n) is 5.52. The smallest absolute Gasteiger partial charge is 0.310 e. The molecule has 2 atom stereocenters. The van der Waals surface area contributed by atoms with Crippen LogP contribution in [-0.2, 0) is 18.8 Å². The first-order valence-corrected chi connectivity index (χ1v) is 10.3. The highest BCUT2D eigenvalue weighted by Crippen LogP contribution is 2.23. The minimum absolute atomic E-state index is 0.154. The molecule has 0 aliphatic heterocycles. The average Bonchev–Trinajstić information content (AvgIpc) is 2.34. The zero-order valence-corrected chi connectivity index (χ0v) is 14.1. The SMILES string of the molecule is C=CCOC(=O)[C@H](CC)[C@H](/C=C/C)C(=O)O[Si](C)(C)C. The van der Waals surface area contributed by atoms with Crippen LogP contribution in [0.3, 0.4) is 0 Å². The van der Waals surface area contributed by atoms with Crippen molar-refractivity contribution in [3.8, 4) is 0 Å². The molecule has 0 N–H and O–H groups in total. The van der Waals surface area contributed by atoms with Crippen molar-refractivity contribution in [2.24, 2.45) is 11.8 Å². The molecule has 0 rings (SSSR count). The standard InChI is InChI=1S/C15H26O4Si/c1-7-10-13(15(17)19-20(4,5)6)12(9-3)14(16)18-11-8-2/h7-8,10,12-13H,2,9,11H2,1,3-6H3/b10-7+/t12-,13+/m1/s1. The number of hydrogen-bond donors (Lipinski definition) is 0. The molecule has 0 aromatic heterocycles. The van der Waals surface area contributed by atoms with Gasteiger partial charge in [-0.3, -0.25) is 9.59 Å². The summed E-state index contributed by atoms with van der Waals surface area (Å²) in [4.78, 5) is 24.3. The highest BCUT2D eigenvalue weighted by atomic mass is 28.4. The molecule has 0 aromatic rings. The molecule has 20 heavy (non-hydrogen) atoms. The van der Waals surface area contributed by atoms with E-state index in [9.17, 15) is 9.59 Å². The van der Waals surface area contributed by atoms with Crippen molar-refractivity contribution in [1.82, 2.24) is 0 Å². The summed E-state index contributed by atoms with van der Waals surface area (Å²) in [7, 11) is -1.98. The summed E-state index contributed by atoms with van der Waals surface area (Å²) < 4.78 is 10.6. The van der Waals surface area contributed by atoms with E-state index >= 15 is 0 Å². The summed E-state index contributed by atoms with van der Waals surface area (Å²) in [5, 5.41) is 0. The lowest BCUT2D eigenvalue weighted by atomic mass is 9.89. The van der Waals surface area contributed by atoms with Gasteiger partial charge in [-0.1, -0.05) is 31.7 Å². The van der Waals surface area contributed by atoms with Gasteiger partial charge in [0.2, 0.25) is 8.32 Å². The fourth-order valence-corrected chi connectivity index (χ4v) is 2.51. The summed E-state index contributed by atoms with van der Waals surface area (Å²) >= 11 is 0. The van der Waals surface area contributed by atoms with Gasteiger partial charge >= 0.3 is 5.97 Å². The Morgan fingerprint density at radius 3 is 2.25 bits per heavy atom. The molecule has 0 spiro atoms. The number of carbonyl (C=O) groups excluding carboxylic acids is 2. The molecule has 0 unspecified atom stereocenters. The molecule has 5 heteroatoms. The number of carbonyl (C=O) groups is 2. The zero-order chi connectivity index (χ0) is 15.8. The minimum atomic E-state index is -1.98. The summed E-state index contributed by atoms with van der Waals surface area (Å²) in [6, 6.07) is 0. The van der Waals surface area contributed by atoms with Crippen LogP contribution in [0.2, 0.25) is 19.6 Å². The number of rotatable bonds is 8. The maximum absolute atomic E-state index is 12.3. The van der Waals surface area contributed by atoms with Crippen LogP contribution in [0.4, 0.5) is 0 Å². The molecule has 0 saturated heterocycles. The van der Waals surface area contributed by atoms with Gasteiger partial charge in [-0.2, -0.15) is 0 Å². The van der Waals surface area contributed by atoms with Gasteiger partial charge in [0.05, 0.1) is 11.8 Å². The quantitative estimate of drug-likeness (QED) is 0.392. The van der Waals surface area contributed by atoms with Gasteiger partial charge < -0.3 is 9.16 Å². The van der Waals surface area contributed by atoms with Crippen LogP contribution in [0.25, 0.3) is 0 Å². The first kappa shape index (κ1) is 18.6. The van der Waals surface area contributed by atoms with E-state index in [-0.39, 0.29) is 18.5 Å². The molecule has 0 aromatic carbocycles. The molecule has 0 saturated carbocycles. The molecule has 4 nitrogen and oxygen atoms in total. The van der Waals surface area contributed by atoms with E-state index in [1.165, 1.54) is 6.08 Å². The normalized spacial score (nSPS) is 14.7. The number of hydrogen-bond acceptors (Lipinski definition) is 4. The number of ether oxygens (including phenoxy) is 1. The van der Waals surface area contributed by atoms with E-state index in [0.717, 1.165) is 0 Å². The second-order valence-corrected chi connectivity index (χ2v) is 9.95. The average molecular weight is 298 g/mol. The summed E-state index contributed by atoms with van der Waals surface area (Å²) in [6.45, 7) is 13.2. The van der Waals surface area contributed by atoms with Crippen molar-refractivity contribution in [3.05, 3.63) is 24.8 Å². The third-order valence-corrected chi connectivity index (χ3v) is 3.41. The lowest BCUT2D eigenvalue weighted by Gasteiger charge is -2.25. The maximum atomic E-state index is 12.3. The van der Waals surface area contributed by atoms with Gasteiger partial charge in [0, 0.05) is 0 Å². The zero-order valence-electron chi connectivity index (χ0n) is 13.1. The highest BCUT2D eigenvalue weighted by molar-refractivity contribution is 6.71. The van der Waals surface area contributed by atoms with Crippen molar-refractivity contribution in [1.29, 1.82) is 0 Å². The monoisotopic (exact) mass is 298 g/mol. The molecule has 0 fully saturated rings. The molecule has 0 heterocycles. The number of allylic oxidation sites excluding steroid dienone is 1. The van der Waals surface area contributed by atoms with Crippen LogP contribution in [0, 0.1) is 11.8 Å². The van der Waals surface area contributed by atoms with Crippen molar-refractivity contribution < 1.29 is 18.8 Å². The minimum Gasteiger partial charge on any atom is -0.519 e. The third-order valence-electron chi connectivity index (χ3n) is 2.60. The Hall–Kier alpha value is -1.36. The van der Waals surface area contributed by atoms with E-state index in [1.54, 1.807) is 12.2 Å². The molecule has 0 amide bonds. The largest absolute Gasteiger partial charge is 0.519 e. The Balaban J connectivity index is 5.06. The van der Waals surface area contributed by atoms with E-state index in [4.69, 9.17) is 9.16 Å². The first-order chi connectivity index (χ1) is 9.26. The van der Waals surface area contributed by atoms with Gasteiger partial charge in [0.15, 0.2) is 0 Å². The predicted molar refractivity (Wildman–Crippen MR) is 82.7 cm³/mol. The van der Waals surface area contributed by atoms with E-state index < -0.39 is 20.2 Å². The Labute approximate surface area is 123 Å². The molecule has 0 radical (unpaired) electrons. The van der Waals surface area contributed by atoms with E-state index in [1.807, 2.05) is 33.5 Å². The van der Waals surface area contributed by atoms with Crippen LogP contribution in [0.5, 0.6) is 0 Å². The predicted octanol–water partition coefficient (Wildman–Crippen LogP) is 3.31. The highest BCUT2D eigenvalue weighted by Gasteiger charge is 2.34. The van der Waals surface area contributed by atoms with Gasteiger partial charge in [-0.15, -0.1) is 0 Å². The van der Waals surface area contributed by atoms with Crippen LogP contribution < -0.4 is 0 Å². The topological polar surface area (TPSA) is 52.6 Å². The van der Waals surface area contributed by atoms with Gasteiger partial charge in [-0.25, -0.2) is 0 Å². The van der Waals surface area contributed by atoms with Crippen molar-refractivity contribution >= 4 is 20.3 Å². The van der Waals surface area contributed by atoms with Crippen LogP contribution >= 0.6 is 0 Å². The molecular weight excluding hydrogens is 272 g/mol. The van der Waals surface area contributed by atoms with Crippen molar-refractivity contribution in [3.63, 3.8) is 0 Å². The van der Waals surface area contributed by atoms with Crippen LogP contribution in [-0.4, -0.2) is 26.9 Å². The van der Waals surface area contributed by atoms with Crippen LogP contribution in [0.1, 0.15) is 20.3 Å². The van der Waals surface area contributed by atoms with Gasteiger partial charge in [0.25, 0.3) is 5.97 Å². The van der Waals surface area contributed by atoms with Crippen molar-refractivity contribution in [2.45, 2.75) is 39.9 Å². The first-order valence-electron chi connectivity index (χ1n) is 6.90. The van der Waals surface area contributed by atoms with Crippen molar-refractivity contribution in [2.75, 3.05) is 6.61 Å². The molecule has 0 aliphatic carbocycles. The fraction of sp³-hybridized carbons (Fsp3) is 0.600. The molecule has 114 valence electrons. The Morgan fingerprint density at radius 1 is 1.25 bits per heavy atom. The maximum Gasteiger partial charge on any atom is 0.310 e. The van der Waals surface area contributed by atoms with E-state index in [0.29, 0.717) is 6.42 Å². The second kappa shape index (κ2) is 8.74. The molecule has 0 aliphatic rings. The summed E-state index contributed by atoms with van der Waals surface area (Å²) in [6.07, 6.45) is 5.51. The summed E-state index contributed by atoms with van der Waals surface area (Å²) in [5.41, 5.74) is 0. The van der Waals surface area contributed by atoms with Crippen LogP contribution in [0.15, 0.2) is 24.8 Å². The Kier molecular flexibility index (Phi) is 8.14. The number of esters is 1. The molecular formula is C15H26O4Si. The Morgan fingerprint density at radius 2 is 1.85 bits per heavy atom. The van der Waals surface area contributed by atoms with Gasteiger partial charge in [0.1, 0.15) is 6.61 Å². The van der Waals surface area contributed by atoms with Gasteiger partial charge in [-0.05, 0) is 33.0 Å². The fourth-order valence-electron chi connectivity index (χ4n) is 1.77.